The molecule has 1 fully saturated rings. The molecular formula is C22H31N3O3. The second-order valence-electron chi connectivity index (χ2n) is 8.05. The van der Waals surface area contributed by atoms with E-state index in [1.165, 1.54) is 24.5 Å². The average molecular weight is 386 g/mol. The molecule has 1 aliphatic heterocycles. The first kappa shape index (κ1) is 20.6. The Hall–Kier alpha value is -2.18. The maximum atomic E-state index is 12.1. The molecule has 3 atom stereocenters. The standard InChI is InChI=1S/C22H31N3O3/c1-15(27)25-19(12-23-21(28)13-24(2)3)22(20(25)14-26)18-10-8-17(9-11-18)16-6-4-5-7-16/h6,8-11,19-20,22,26H,4-5,7,12-14H2,1-3H3,(H,23,28)/t19-,20+,22-/m1/s1. The van der Waals surface area contributed by atoms with Crippen LogP contribution in [-0.4, -0.2) is 72.6 Å². The number of hydrogen-bond acceptors (Lipinski definition) is 4. The Balaban J connectivity index is 1.75. The third-order valence-corrected chi connectivity index (χ3v) is 5.77. The van der Waals surface area contributed by atoms with Gasteiger partial charge in [0.2, 0.25) is 11.8 Å². The lowest BCUT2D eigenvalue weighted by atomic mass is 9.74. The van der Waals surface area contributed by atoms with Crippen LogP contribution in [0.1, 0.15) is 43.2 Å². The number of likely N-dealkylation sites (tertiary alicyclic amines) is 1. The van der Waals surface area contributed by atoms with E-state index in [9.17, 15) is 14.7 Å². The molecule has 1 aromatic rings. The molecule has 6 nitrogen and oxygen atoms in total. The van der Waals surface area contributed by atoms with Gasteiger partial charge in [0, 0.05) is 19.4 Å². The molecule has 0 bridgehead atoms. The molecule has 1 aliphatic carbocycles. The maximum Gasteiger partial charge on any atom is 0.234 e. The number of carbonyl (C=O) groups is 2. The van der Waals surface area contributed by atoms with Crippen LogP contribution in [0, 0.1) is 0 Å². The molecule has 2 aliphatic rings. The lowest BCUT2D eigenvalue weighted by Gasteiger charge is -2.54. The molecule has 0 aromatic heterocycles. The van der Waals surface area contributed by atoms with Crippen molar-refractivity contribution in [1.82, 2.24) is 15.1 Å². The number of amides is 2. The third-order valence-electron chi connectivity index (χ3n) is 5.77. The molecule has 2 amide bonds. The minimum atomic E-state index is -0.246. The number of nitrogens with zero attached hydrogens (tertiary/aromatic N) is 2. The number of hydrogen-bond donors (Lipinski definition) is 2. The zero-order chi connectivity index (χ0) is 20.3. The zero-order valence-electron chi connectivity index (χ0n) is 17.0. The molecular weight excluding hydrogens is 354 g/mol. The fourth-order valence-electron chi connectivity index (χ4n) is 4.50. The quantitative estimate of drug-likeness (QED) is 0.748. The summed E-state index contributed by atoms with van der Waals surface area (Å²) < 4.78 is 0. The van der Waals surface area contributed by atoms with Crippen molar-refractivity contribution in [3.63, 3.8) is 0 Å². The summed E-state index contributed by atoms with van der Waals surface area (Å²) in [6, 6.07) is 8.10. The molecule has 0 saturated carbocycles. The monoisotopic (exact) mass is 385 g/mol. The first-order valence-electron chi connectivity index (χ1n) is 10.0. The van der Waals surface area contributed by atoms with Crippen molar-refractivity contribution >= 4 is 17.4 Å². The molecule has 2 N–H and O–H groups in total. The predicted octanol–water partition coefficient (Wildman–Crippen LogP) is 1.61. The Morgan fingerprint density at radius 1 is 1.21 bits per heavy atom. The van der Waals surface area contributed by atoms with Crippen molar-refractivity contribution in [2.75, 3.05) is 33.8 Å². The lowest BCUT2D eigenvalue weighted by molar-refractivity contribution is -0.148. The van der Waals surface area contributed by atoms with Gasteiger partial charge in [0.1, 0.15) is 0 Å². The second-order valence-corrected chi connectivity index (χ2v) is 8.05. The molecule has 152 valence electrons. The molecule has 1 heterocycles. The number of aliphatic hydroxyl groups excluding tert-OH is 1. The Morgan fingerprint density at radius 3 is 2.46 bits per heavy atom. The fraction of sp³-hybridized carbons (Fsp3) is 0.545. The topological polar surface area (TPSA) is 72.9 Å². The minimum absolute atomic E-state index is 0.0140. The Kier molecular flexibility index (Phi) is 6.52. The van der Waals surface area contributed by atoms with Gasteiger partial charge in [-0.05, 0) is 50.1 Å². The minimum Gasteiger partial charge on any atom is -0.394 e. The number of nitrogens with one attached hydrogen (secondary N) is 1. The first-order chi connectivity index (χ1) is 13.4. The van der Waals surface area contributed by atoms with Crippen molar-refractivity contribution < 1.29 is 14.7 Å². The van der Waals surface area contributed by atoms with E-state index >= 15 is 0 Å². The van der Waals surface area contributed by atoms with Crippen LogP contribution < -0.4 is 5.32 Å². The van der Waals surface area contributed by atoms with Crippen LogP contribution in [0.25, 0.3) is 5.57 Å². The highest BCUT2D eigenvalue weighted by molar-refractivity contribution is 5.79. The fourth-order valence-corrected chi connectivity index (χ4v) is 4.50. The van der Waals surface area contributed by atoms with Crippen molar-refractivity contribution in [3.05, 3.63) is 41.5 Å². The third kappa shape index (κ3) is 4.28. The number of rotatable bonds is 7. The van der Waals surface area contributed by atoms with Crippen LogP contribution >= 0.6 is 0 Å². The van der Waals surface area contributed by atoms with Crippen molar-refractivity contribution in [2.45, 2.75) is 44.2 Å². The van der Waals surface area contributed by atoms with Crippen LogP contribution in [0.3, 0.4) is 0 Å². The van der Waals surface area contributed by atoms with E-state index in [2.05, 4.69) is 35.7 Å². The van der Waals surface area contributed by atoms with Gasteiger partial charge in [-0.2, -0.15) is 0 Å². The molecule has 3 rings (SSSR count). The summed E-state index contributed by atoms with van der Waals surface area (Å²) in [5.41, 5.74) is 3.75. The highest BCUT2D eigenvalue weighted by Gasteiger charge is 2.49. The second kappa shape index (κ2) is 8.88. The maximum absolute atomic E-state index is 12.1. The Labute approximate surface area is 167 Å². The van der Waals surface area contributed by atoms with Gasteiger partial charge in [-0.25, -0.2) is 0 Å². The van der Waals surface area contributed by atoms with Crippen LogP contribution in [0.2, 0.25) is 0 Å². The van der Waals surface area contributed by atoms with Crippen LogP contribution in [0.4, 0.5) is 0 Å². The van der Waals surface area contributed by atoms with Gasteiger partial charge in [-0.1, -0.05) is 30.3 Å². The molecule has 1 aromatic carbocycles. The van der Waals surface area contributed by atoms with Gasteiger partial charge in [-0.3, -0.25) is 9.59 Å². The van der Waals surface area contributed by atoms with Crippen molar-refractivity contribution in [3.8, 4) is 0 Å². The Morgan fingerprint density at radius 2 is 1.93 bits per heavy atom. The SMILES string of the molecule is CC(=O)N1[C@H](CNC(=O)CN(C)C)[C@@H](c2ccc(C3=CCCC3)cc2)[C@@H]1CO. The molecule has 0 unspecified atom stereocenters. The smallest absolute Gasteiger partial charge is 0.234 e. The average Bonchev–Trinajstić information content (AvgIpc) is 3.15. The summed E-state index contributed by atoms with van der Waals surface area (Å²) in [5, 5.41) is 12.8. The highest BCUT2D eigenvalue weighted by atomic mass is 16.3. The summed E-state index contributed by atoms with van der Waals surface area (Å²) in [6.45, 7) is 2.13. The van der Waals surface area contributed by atoms with E-state index in [1.54, 1.807) is 4.90 Å². The number of aliphatic hydroxyl groups is 1. The summed E-state index contributed by atoms with van der Waals surface area (Å²) >= 11 is 0. The molecule has 6 heteroatoms. The molecule has 0 spiro atoms. The van der Waals surface area contributed by atoms with E-state index < -0.39 is 0 Å². The highest BCUT2D eigenvalue weighted by Crippen LogP contribution is 2.41. The van der Waals surface area contributed by atoms with Crippen LogP contribution in [0.15, 0.2) is 30.3 Å². The van der Waals surface area contributed by atoms with E-state index in [-0.39, 0.29) is 36.4 Å². The summed E-state index contributed by atoms with van der Waals surface area (Å²) in [4.78, 5) is 27.7. The van der Waals surface area contributed by atoms with Gasteiger partial charge in [-0.15, -0.1) is 0 Å². The van der Waals surface area contributed by atoms with E-state index in [0.717, 1.165) is 18.4 Å². The van der Waals surface area contributed by atoms with E-state index in [1.807, 2.05) is 19.0 Å². The van der Waals surface area contributed by atoms with Crippen molar-refractivity contribution in [1.29, 1.82) is 0 Å². The van der Waals surface area contributed by atoms with E-state index in [4.69, 9.17) is 0 Å². The largest absolute Gasteiger partial charge is 0.394 e. The van der Waals surface area contributed by atoms with Crippen LogP contribution in [-0.2, 0) is 9.59 Å². The van der Waals surface area contributed by atoms with Gasteiger partial charge in [0.05, 0.1) is 25.2 Å². The lowest BCUT2D eigenvalue weighted by Crippen LogP contribution is -2.68. The van der Waals surface area contributed by atoms with Crippen LogP contribution in [0.5, 0.6) is 0 Å². The van der Waals surface area contributed by atoms with E-state index in [0.29, 0.717) is 13.1 Å². The predicted molar refractivity (Wildman–Crippen MR) is 110 cm³/mol. The normalized spacial score (nSPS) is 24.1. The summed E-state index contributed by atoms with van der Waals surface area (Å²) in [7, 11) is 3.69. The number of benzene rings is 1. The Bertz CT molecular complexity index is 742. The van der Waals surface area contributed by atoms with Gasteiger partial charge < -0.3 is 20.2 Å². The number of allylic oxidation sites excluding steroid dienone is 2. The zero-order valence-corrected chi connectivity index (χ0v) is 17.0. The molecule has 28 heavy (non-hydrogen) atoms. The van der Waals surface area contributed by atoms with Crippen molar-refractivity contribution in [2.24, 2.45) is 0 Å². The van der Waals surface area contributed by atoms with Gasteiger partial charge in [0.15, 0.2) is 0 Å². The summed E-state index contributed by atoms with van der Waals surface area (Å²) in [5.74, 6) is -0.127. The first-order valence-corrected chi connectivity index (χ1v) is 10.0. The number of likely N-dealkylation sites (N-methyl/N-ethyl adjacent to an activating group) is 1. The number of carbonyl (C=O) groups excluding carboxylic acids is 2. The van der Waals surface area contributed by atoms with Gasteiger partial charge in [0.25, 0.3) is 0 Å². The molecule has 0 radical (unpaired) electrons. The van der Waals surface area contributed by atoms with Gasteiger partial charge >= 0.3 is 0 Å². The summed E-state index contributed by atoms with van der Waals surface area (Å²) in [6.07, 6.45) is 5.79. The molecule has 1 saturated heterocycles.